The maximum absolute atomic E-state index is 6.05. The number of aromatic amines is 1. The number of anilines is 1. The van der Waals surface area contributed by atoms with Gasteiger partial charge in [0, 0.05) is 4.90 Å². The van der Waals surface area contributed by atoms with Gasteiger partial charge in [-0.25, -0.2) is 15.0 Å². The van der Waals surface area contributed by atoms with Crippen molar-refractivity contribution in [2.24, 2.45) is 0 Å². The summed E-state index contributed by atoms with van der Waals surface area (Å²) in [5.41, 5.74) is 8.08. The van der Waals surface area contributed by atoms with E-state index in [9.17, 15) is 0 Å². The predicted octanol–water partition coefficient (Wildman–Crippen LogP) is 2.09. The molecule has 0 saturated heterocycles. The van der Waals surface area contributed by atoms with Gasteiger partial charge in [0.15, 0.2) is 5.65 Å². The number of ether oxygens (including phenoxy) is 1. The highest BCUT2D eigenvalue weighted by Gasteiger charge is 2.11. The highest BCUT2D eigenvalue weighted by atomic mass is 32.2. The monoisotopic (exact) mass is 273 g/mol. The minimum atomic E-state index is 0.598. The molecule has 0 amide bonds. The van der Waals surface area contributed by atoms with Crippen LogP contribution in [0.5, 0.6) is 5.75 Å². The number of fused-ring (bicyclic) bond motifs is 1. The fourth-order valence-corrected chi connectivity index (χ4v) is 2.63. The van der Waals surface area contributed by atoms with Gasteiger partial charge in [0.25, 0.3) is 0 Å². The summed E-state index contributed by atoms with van der Waals surface area (Å²) in [7, 11) is 1.60. The van der Waals surface area contributed by atoms with Gasteiger partial charge in [0.2, 0.25) is 0 Å². The van der Waals surface area contributed by atoms with Crippen LogP contribution in [0.2, 0.25) is 0 Å². The van der Waals surface area contributed by atoms with Crippen LogP contribution in [0, 0.1) is 0 Å². The normalized spacial score (nSPS) is 10.8. The van der Waals surface area contributed by atoms with Crippen molar-refractivity contribution in [3.05, 3.63) is 30.9 Å². The van der Waals surface area contributed by atoms with Crippen LogP contribution < -0.4 is 10.5 Å². The van der Waals surface area contributed by atoms with E-state index in [1.807, 2.05) is 18.2 Å². The average molecular weight is 273 g/mol. The van der Waals surface area contributed by atoms with Crippen LogP contribution in [0.25, 0.3) is 11.2 Å². The SMILES string of the molecule is COc1cccc(Sc2ncnc3nc[nH]c23)c1N. The van der Waals surface area contributed by atoms with E-state index in [1.165, 1.54) is 18.1 Å². The number of aromatic nitrogens is 4. The third kappa shape index (κ3) is 2.08. The molecular weight excluding hydrogens is 262 g/mol. The maximum atomic E-state index is 6.05. The Hall–Kier alpha value is -2.28. The number of hydrogen-bond donors (Lipinski definition) is 2. The molecule has 0 saturated carbocycles. The molecule has 7 heteroatoms. The predicted molar refractivity (Wildman–Crippen MR) is 73.2 cm³/mol. The van der Waals surface area contributed by atoms with Gasteiger partial charge in [0.1, 0.15) is 22.6 Å². The number of nitrogen functional groups attached to an aromatic ring is 1. The minimum absolute atomic E-state index is 0.598. The van der Waals surface area contributed by atoms with Crippen LogP contribution in [0.15, 0.2) is 40.8 Å². The second-order valence-electron chi connectivity index (χ2n) is 3.75. The number of nitrogens with zero attached hydrogens (tertiary/aromatic N) is 3. The summed E-state index contributed by atoms with van der Waals surface area (Å²) in [4.78, 5) is 16.3. The van der Waals surface area contributed by atoms with Crippen LogP contribution in [0.1, 0.15) is 0 Å². The van der Waals surface area contributed by atoms with Gasteiger partial charge >= 0.3 is 0 Å². The Morgan fingerprint density at radius 2 is 2.16 bits per heavy atom. The van der Waals surface area contributed by atoms with Crippen molar-refractivity contribution in [2.45, 2.75) is 9.92 Å². The van der Waals surface area contributed by atoms with E-state index >= 15 is 0 Å². The molecule has 0 aliphatic rings. The van der Waals surface area contributed by atoms with Crippen molar-refractivity contribution in [1.29, 1.82) is 0 Å². The molecule has 1 aromatic carbocycles. The lowest BCUT2D eigenvalue weighted by molar-refractivity contribution is 0.416. The van der Waals surface area contributed by atoms with Crippen molar-refractivity contribution in [3.63, 3.8) is 0 Å². The summed E-state index contributed by atoms with van der Waals surface area (Å²) in [5, 5.41) is 0.780. The molecule has 3 aromatic rings. The van der Waals surface area contributed by atoms with Crippen molar-refractivity contribution in [1.82, 2.24) is 19.9 Å². The molecule has 3 rings (SSSR count). The molecule has 0 radical (unpaired) electrons. The van der Waals surface area contributed by atoms with E-state index in [4.69, 9.17) is 10.5 Å². The second-order valence-corrected chi connectivity index (χ2v) is 4.78. The quantitative estimate of drug-likeness (QED) is 0.561. The molecule has 3 N–H and O–H groups in total. The first kappa shape index (κ1) is 11.8. The summed E-state index contributed by atoms with van der Waals surface area (Å²) in [5.74, 6) is 0.653. The van der Waals surface area contributed by atoms with Crippen molar-refractivity contribution in [2.75, 3.05) is 12.8 Å². The Bertz CT molecular complexity index is 727. The zero-order valence-electron chi connectivity index (χ0n) is 10.1. The number of methoxy groups -OCH3 is 1. The van der Waals surface area contributed by atoms with Crippen LogP contribution in [0.3, 0.4) is 0 Å². The second kappa shape index (κ2) is 4.77. The molecule has 96 valence electrons. The average Bonchev–Trinajstić information content (AvgIpc) is 2.90. The Kier molecular flexibility index (Phi) is 2.96. The molecule has 0 atom stereocenters. The van der Waals surface area contributed by atoms with Crippen LogP contribution in [-0.2, 0) is 0 Å². The highest BCUT2D eigenvalue weighted by Crippen LogP contribution is 2.37. The van der Waals surface area contributed by atoms with Gasteiger partial charge in [0.05, 0.1) is 19.1 Å². The molecule has 0 fully saturated rings. The molecule has 2 aromatic heterocycles. The first-order valence-electron chi connectivity index (χ1n) is 5.54. The van der Waals surface area contributed by atoms with Crippen LogP contribution in [-0.4, -0.2) is 27.0 Å². The topological polar surface area (TPSA) is 89.7 Å². The summed E-state index contributed by atoms with van der Waals surface area (Å²) in [6, 6.07) is 5.64. The maximum Gasteiger partial charge on any atom is 0.181 e. The number of imidazole rings is 1. The molecular formula is C12H11N5OS. The largest absolute Gasteiger partial charge is 0.495 e. The number of rotatable bonds is 3. The van der Waals surface area contributed by atoms with Gasteiger partial charge in [-0.3, -0.25) is 0 Å². The van der Waals surface area contributed by atoms with E-state index < -0.39 is 0 Å². The van der Waals surface area contributed by atoms with E-state index in [1.54, 1.807) is 13.4 Å². The Labute approximate surface area is 113 Å². The number of para-hydroxylation sites is 1. The van der Waals surface area contributed by atoms with Crippen LogP contribution in [0.4, 0.5) is 5.69 Å². The summed E-state index contributed by atoms with van der Waals surface area (Å²) < 4.78 is 5.20. The molecule has 2 heterocycles. The molecule has 19 heavy (non-hydrogen) atoms. The molecule has 0 spiro atoms. The van der Waals surface area contributed by atoms with Crippen molar-refractivity contribution >= 4 is 28.6 Å². The highest BCUT2D eigenvalue weighted by molar-refractivity contribution is 7.99. The standard InChI is InChI=1S/C12H11N5OS/c1-18-7-3-2-4-8(9(7)13)19-12-10-11(15-5-14-10)16-6-17-12/h2-6H,13H2,1H3,(H,14,15,16,17). The number of benzene rings is 1. The number of nitrogens with two attached hydrogens (primary N) is 1. The van der Waals surface area contributed by atoms with Crippen LogP contribution >= 0.6 is 11.8 Å². The lowest BCUT2D eigenvalue weighted by Crippen LogP contribution is -1.94. The van der Waals surface area contributed by atoms with E-state index in [0.717, 1.165) is 15.4 Å². The molecule has 0 bridgehead atoms. The van der Waals surface area contributed by atoms with Gasteiger partial charge in [-0.1, -0.05) is 17.8 Å². The smallest absolute Gasteiger partial charge is 0.181 e. The third-order valence-electron chi connectivity index (χ3n) is 2.64. The van der Waals surface area contributed by atoms with E-state index in [-0.39, 0.29) is 0 Å². The lowest BCUT2D eigenvalue weighted by atomic mass is 10.3. The fraction of sp³-hybridized carbons (Fsp3) is 0.0833. The lowest BCUT2D eigenvalue weighted by Gasteiger charge is -2.09. The number of nitrogens with one attached hydrogen (secondary N) is 1. The zero-order valence-corrected chi connectivity index (χ0v) is 10.9. The molecule has 0 aliphatic heterocycles. The first-order valence-corrected chi connectivity index (χ1v) is 6.35. The third-order valence-corrected chi connectivity index (χ3v) is 3.72. The van der Waals surface area contributed by atoms with E-state index in [2.05, 4.69) is 19.9 Å². The van der Waals surface area contributed by atoms with Gasteiger partial charge < -0.3 is 15.5 Å². The molecule has 6 nitrogen and oxygen atoms in total. The van der Waals surface area contributed by atoms with Gasteiger partial charge in [-0.05, 0) is 12.1 Å². The Morgan fingerprint density at radius 1 is 1.26 bits per heavy atom. The Balaban J connectivity index is 2.04. The van der Waals surface area contributed by atoms with Crippen molar-refractivity contribution in [3.8, 4) is 5.75 Å². The summed E-state index contributed by atoms with van der Waals surface area (Å²) in [6.07, 6.45) is 3.08. The van der Waals surface area contributed by atoms with Gasteiger partial charge in [-0.2, -0.15) is 0 Å². The first-order chi connectivity index (χ1) is 9.29. The molecule has 0 aliphatic carbocycles. The number of hydrogen-bond acceptors (Lipinski definition) is 6. The fourth-order valence-electron chi connectivity index (χ4n) is 1.72. The summed E-state index contributed by atoms with van der Waals surface area (Å²) >= 11 is 1.45. The van der Waals surface area contributed by atoms with Crippen molar-refractivity contribution < 1.29 is 4.74 Å². The van der Waals surface area contributed by atoms with Gasteiger partial charge in [-0.15, -0.1) is 0 Å². The number of H-pyrrole nitrogens is 1. The minimum Gasteiger partial charge on any atom is -0.495 e. The zero-order chi connectivity index (χ0) is 13.2. The van der Waals surface area contributed by atoms with E-state index in [0.29, 0.717) is 17.1 Å². The summed E-state index contributed by atoms with van der Waals surface area (Å²) in [6.45, 7) is 0. The molecule has 0 unspecified atom stereocenters. The Morgan fingerprint density at radius 3 is 3.00 bits per heavy atom.